The Kier molecular flexibility index (Phi) is 6.36. The van der Waals surface area contributed by atoms with Crippen LogP contribution in [0.3, 0.4) is 0 Å². The number of carboxylic acid groups (broad SMARTS) is 1. The van der Waals surface area contributed by atoms with Crippen molar-refractivity contribution in [3.8, 4) is 0 Å². The number of carbonyl (C=O) groups excluding carboxylic acids is 1. The molecule has 1 aromatic heterocycles. The summed E-state index contributed by atoms with van der Waals surface area (Å²) < 4.78 is 1.89. The van der Waals surface area contributed by atoms with Crippen molar-refractivity contribution in [1.82, 2.24) is 14.5 Å². The van der Waals surface area contributed by atoms with Crippen LogP contribution in [0.15, 0.2) is 54.6 Å². The topological polar surface area (TPSA) is 75.4 Å². The molecule has 0 saturated carbocycles. The van der Waals surface area contributed by atoms with E-state index in [0.29, 0.717) is 5.75 Å². The number of fused-ring (bicyclic) bond motifs is 1. The van der Waals surface area contributed by atoms with Gasteiger partial charge in [0.15, 0.2) is 0 Å². The average molecular weight is 398 g/mol. The van der Waals surface area contributed by atoms with Crippen LogP contribution in [0.25, 0.3) is 11.0 Å². The predicted molar refractivity (Wildman–Crippen MR) is 111 cm³/mol. The zero-order chi connectivity index (χ0) is 20.1. The van der Waals surface area contributed by atoms with Crippen molar-refractivity contribution in [3.63, 3.8) is 0 Å². The van der Waals surface area contributed by atoms with Gasteiger partial charge in [-0.1, -0.05) is 42.5 Å². The van der Waals surface area contributed by atoms with Crippen molar-refractivity contribution < 1.29 is 14.7 Å². The van der Waals surface area contributed by atoms with E-state index >= 15 is 0 Å². The van der Waals surface area contributed by atoms with Crippen molar-refractivity contribution >= 4 is 34.7 Å². The fourth-order valence-corrected chi connectivity index (χ4v) is 3.60. The van der Waals surface area contributed by atoms with Gasteiger partial charge in [-0.15, -0.1) is 0 Å². The number of imidazole rings is 1. The predicted octanol–water partition coefficient (Wildman–Crippen LogP) is 3.40. The number of rotatable bonds is 8. The normalized spacial score (nSPS) is 12.1. The van der Waals surface area contributed by atoms with Gasteiger partial charge in [-0.05, 0) is 30.9 Å². The number of hydrogen-bond acceptors (Lipinski definition) is 4. The van der Waals surface area contributed by atoms with Crippen LogP contribution in [0.1, 0.15) is 18.3 Å². The van der Waals surface area contributed by atoms with Gasteiger partial charge >= 0.3 is 5.97 Å². The summed E-state index contributed by atoms with van der Waals surface area (Å²) in [6.07, 6.45) is 1.99. The number of amides is 1. The molecule has 0 bridgehead atoms. The summed E-state index contributed by atoms with van der Waals surface area (Å²) in [5.41, 5.74) is 2.60. The van der Waals surface area contributed by atoms with Crippen LogP contribution in [0.4, 0.5) is 0 Å². The Hall–Kier alpha value is -2.80. The molecule has 6 nitrogen and oxygen atoms in total. The molecular weight excluding hydrogens is 374 g/mol. The Bertz CT molecular complexity index is 971. The van der Waals surface area contributed by atoms with Crippen LogP contribution in [0.5, 0.6) is 0 Å². The van der Waals surface area contributed by atoms with Crippen molar-refractivity contribution in [2.24, 2.45) is 0 Å². The van der Waals surface area contributed by atoms with Crippen LogP contribution in [0.2, 0.25) is 0 Å². The molecule has 0 aliphatic rings. The maximum absolute atomic E-state index is 13.2. The highest BCUT2D eigenvalue weighted by Gasteiger charge is 2.27. The van der Waals surface area contributed by atoms with Crippen LogP contribution in [-0.2, 0) is 28.4 Å². The molecule has 1 N–H and O–H groups in total. The first-order valence-corrected chi connectivity index (χ1v) is 10.4. The highest BCUT2D eigenvalue weighted by molar-refractivity contribution is 7.97. The van der Waals surface area contributed by atoms with Gasteiger partial charge in [0, 0.05) is 6.54 Å². The molecule has 1 heterocycles. The summed E-state index contributed by atoms with van der Waals surface area (Å²) in [4.78, 5) is 30.8. The highest BCUT2D eigenvalue weighted by Crippen LogP contribution is 2.20. The molecule has 7 heteroatoms. The number of aromatic nitrogens is 2. The third kappa shape index (κ3) is 4.36. The van der Waals surface area contributed by atoms with E-state index in [4.69, 9.17) is 0 Å². The van der Waals surface area contributed by atoms with Gasteiger partial charge in [-0.3, -0.25) is 4.79 Å². The molecule has 0 saturated heterocycles. The molecule has 0 fully saturated rings. The van der Waals surface area contributed by atoms with E-state index in [2.05, 4.69) is 4.98 Å². The van der Waals surface area contributed by atoms with Gasteiger partial charge in [0.1, 0.15) is 18.4 Å². The second kappa shape index (κ2) is 8.93. The fraction of sp³-hybridized carbons (Fsp3) is 0.286. The van der Waals surface area contributed by atoms with Crippen LogP contribution >= 0.6 is 11.8 Å². The summed E-state index contributed by atoms with van der Waals surface area (Å²) in [5.74, 6) is 0.216. The van der Waals surface area contributed by atoms with Gasteiger partial charge in [0.25, 0.3) is 0 Å². The Morgan fingerprint density at radius 2 is 1.82 bits per heavy atom. The number of hydrogen-bond donors (Lipinski definition) is 1. The van der Waals surface area contributed by atoms with E-state index in [9.17, 15) is 14.7 Å². The van der Waals surface area contributed by atoms with Gasteiger partial charge in [0.2, 0.25) is 5.91 Å². The molecule has 1 unspecified atom stereocenters. The second-order valence-corrected chi connectivity index (χ2v) is 7.42. The summed E-state index contributed by atoms with van der Waals surface area (Å²) in [7, 11) is 0. The SMILES string of the molecule is CSCc1nc2ccccc2n1CC(=O)N(Cc1ccccc1)C(C)C(=O)O. The number of benzene rings is 2. The van der Waals surface area contributed by atoms with Gasteiger partial charge in [-0.2, -0.15) is 11.8 Å². The van der Waals surface area contributed by atoms with E-state index in [-0.39, 0.29) is 19.0 Å². The third-order valence-corrected chi connectivity index (χ3v) is 5.19. The molecule has 0 spiro atoms. The summed E-state index contributed by atoms with van der Waals surface area (Å²) >= 11 is 1.63. The quantitative estimate of drug-likeness (QED) is 0.630. The lowest BCUT2D eigenvalue weighted by Gasteiger charge is -2.27. The molecule has 0 aliphatic heterocycles. The average Bonchev–Trinajstić information content (AvgIpc) is 3.04. The van der Waals surface area contributed by atoms with E-state index in [1.165, 1.54) is 11.8 Å². The standard InChI is InChI=1S/C21H23N3O3S/c1-15(21(26)27)23(12-16-8-4-3-5-9-16)20(25)13-24-18-11-7-6-10-17(18)22-19(24)14-28-2/h3-11,15H,12-14H2,1-2H3,(H,26,27). The van der Waals surface area contributed by atoms with Crippen LogP contribution < -0.4 is 0 Å². The Morgan fingerprint density at radius 3 is 2.50 bits per heavy atom. The van der Waals surface area contributed by atoms with Crippen molar-refractivity contribution in [2.75, 3.05) is 6.26 Å². The van der Waals surface area contributed by atoms with Gasteiger partial charge in [0.05, 0.1) is 16.8 Å². The summed E-state index contributed by atoms with van der Waals surface area (Å²) in [6.45, 7) is 1.84. The van der Waals surface area contributed by atoms with Crippen molar-refractivity contribution in [2.45, 2.75) is 31.8 Å². The lowest BCUT2D eigenvalue weighted by molar-refractivity contribution is -0.150. The van der Waals surface area contributed by atoms with Gasteiger partial charge < -0.3 is 14.6 Å². The minimum absolute atomic E-state index is 0.0564. The van der Waals surface area contributed by atoms with E-state index < -0.39 is 12.0 Å². The summed E-state index contributed by atoms with van der Waals surface area (Å²) in [5, 5.41) is 9.50. The lowest BCUT2D eigenvalue weighted by Crippen LogP contribution is -2.44. The number of carboxylic acids is 1. The zero-order valence-electron chi connectivity index (χ0n) is 15.9. The molecule has 146 valence electrons. The smallest absolute Gasteiger partial charge is 0.326 e. The number of aliphatic carboxylic acids is 1. The minimum atomic E-state index is -1.02. The minimum Gasteiger partial charge on any atom is -0.480 e. The van der Waals surface area contributed by atoms with Crippen LogP contribution in [0, 0.1) is 0 Å². The molecule has 1 atom stereocenters. The zero-order valence-corrected chi connectivity index (χ0v) is 16.7. The molecule has 0 radical (unpaired) electrons. The molecule has 1 amide bonds. The van der Waals surface area contributed by atoms with Crippen molar-refractivity contribution in [1.29, 1.82) is 0 Å². The second-order valence-electron chi connectivity index (χ2n) is 6.56. The van der Waals surface area contributed by atoms with E-state index in [0.717, 1.165) is 22.4 Å². The first kappa shape index (κ1) is 19.9. The Morgan fingerprint density at radius 1 is 1.14 bits per heavy atom. The van der Waals surface area contributed by atoms with Gasteiger partial charge in [-0.25, -0.2) is 9.78 Å². The lowest BCUT2D eigenvalue weighted by atomic mass is 10.1. The Balaban J connectivity index is 1.92. The van der Waals surface area contributed by atoms with Crippen LogP contribution in [-0.4, -0.2) is 43.7 Å². The molecule has 28 heavy (non-hydrogen) atoms. The summed E-state index contributed by atoms with van der Waals surface area (Å²) in [6, 6.07) is 16.2. The number of para-hydroxylation sites is 2. The fourth-order valence-electron chi connectivity index (χ4n) is 3.12. The maximum atomic E-state index is 13.2. The monoisotopic (exact) mass is 397 g/mol. The third-order valence-electron chi connectivity index (χ3n) is 4.64. The van der Waals surface area contributed by atoms with E-state index in [1.54, 1.807) is 11.8 Å². The molecule has 3 rings (SSSR count). The largest absolute Gasteiger partial charge is 0.480 e. The molecule has 0 aliphatic carbocycles. The molecular formula is C21H23N3O3S. The first-order chi connectivity index (χ1) is 13.5. The Labute approximate surface area is 168 Å². The molecule has 2 aromatic carbocycles. The number of carbonyl (C=O) groups is 2. The number of nitrogens with zero attached hydrogens (tertiary/aromatic N) is 3. The van der Waals surface area contributed by atoms with Crippen molar-refractivity contribution in [3.05, 3.63) is 66.0 Å². The highest BCUT2D eigenvalue weighted by atomic mass is 32.2. The van der Waals surface area contributed by atoms with E-state index in [1.807, 2.05) is 65.4 Å². The maximum Gasteiger partial charge on any atom is 0.326 e. The molecule has 3 aromatic rings. The first-order valence-electron chi connectivity index (χ1n) is 9.00. The number of thioether (sulfide) groups is 1.